The Hall–Kier alpha value is -1.62. The van der Waals surface area contributed by atoms with Crippen LogP contribution in [0.4, 0.5) is 0 Å². The van der Waals surface area contributed by atoms with E-state index < -0.39 is 0 Å². The average Bonchev–Trinajstić information content (AvgIpc) is 2.57. The molecule has 0 spiro atoms. The number of fused-ring (bicyclic) bond motifs is 1. The highest BCUT2D eigenvalue weighted by atomic mass is 32.2. The van der Waals surface area contributed by atoms with E-state index in [1.807, 2.05) is 24.3 Å². The molecule has 0 aliphatic rings. The van der Waals surface area contributed by atoms with Crippen molar-refractivity contribution >= 4 is 28.4 Å². The van der Waals surface area contributed by atoms with Gasteiger partial charge in [-0.05, 0) is 31.4 Å². The van der Waals surface area contributed by atoms with Crippen LogP contribution in [0.1, 0.15) is 52.9 Å². The van der Waals surface area contributed by atoms with Gasteiger partial charge in [0.2, 0.25) is 0 Å². The van der Waals surface area contributed by atoms with E-state index in [2.05, 4.69) is 18.8 Å². The van der Waals surface area contributed by atoms with Crippen molar-refractivity contribution in [3.63, 3.8) is 0 Å². The predicted molar refractivity (Wildman–Crippen MR) is 105 cm³/mol. The van der Waals surface area contributed by atoms with Gasteiger partial charge in [-0.15, -0.1) is 0 Å². The van der Waals surface area contributed by atoms with Crippen molar-refractivity contribution in [1.82, 2.24) is 9.55 Å². The van der Waals surface area contributed by atoms with Gasteiger partial charge < -0.3 is 0 Å². The number of para-hydroxylation sites is 1. The molecule has 0 bridgehead atoms. The second kappa shape index (κ2) is 9.76. The molecule has 0 N–H and O–H groups in total. The topological polar surface area (TPSA) is 52.0 Å². The lowest BCUT2D eigenvalue weighted by molar-refractivity contribution is -0.114. The Kier molecular flexibility index (Phi) is 7.69. The number of ketones is 1. The zero-order chi connectivity index (χ0) is 18.2. The minimum Gasteiger partial charge on any atom is -0.299 e. The van der Waals surface area contributed by atoms with Crippen molar-refractivity contribution in [3.05, 3.63) is 34.6 Å². The van der Waals surface area contributed by atoms with Crippen molar-refractivity contribution in [2.75, 3.05) is 5.75 Å². The first kappa shape index (κ1) is 19.7. The van der Waals surface area contributed by atoms with E-state index in [-0.39, 0.29) is 11.3 Å². The van der Waals surface area contributed by atoms with Crippen molar-refractivity contribution in [2.24, 2.45) is 5.92 Å². The summed E-state index contributed by atoms with van der Waals surface area (Å²) in [4.78, 5) is 28.8. The number of thioether (sulfide) groups is 1. The third-order valence-electron chi connectivity index (χ3n) is 4.14. The van der Waals surface area contributed by atoms with Gasteiger partial charge >= 0.3 is 0 Å². The highest BCUT2D eigenvalue weighted by Gasteiger charge is 2.12. The molecule has 0 saturated carbocycles. The summed E-state index contributed by atoms with van der Waals surface area (Å²) < 4.78 is 1.75. The number of benzene rings is 1. The van der Waals surface area contributed by atoms with Crippen molar-refractivity contribution in [2.45, 2.75) is 64.6 Å². The molecule has 0 aliphatic heterocycles. The molecule has 1 aromatic heterocycles. The molecule has 136 valence electrons. The maximum Gasteiger partial charge on any atom is 0.262 e. The molecule has 0 saturated heterocycles. The SMILES string of the molecule is CC(=O)CSc1nc2ccccc2c(=O)n1CCCCCCC(C)C. The Morgan fingerprint density at radius 1 is 1.16 bits per heavy atom. The number of rotatable bonds is 10. The van der Waals surface area contributed by atoms with Gasteiger partial charge in [-0.3, -0.25) is 14.2 Å². The molecule has 0 atom stereocenters. The van der Waals surface area contributed by atoms with Gasteiger partial charge in [0, 0.05) is 6.54 Å². The van der Waals surface area contributed by atoms with Crippen LogP contribution in [-0.4, -0.2) is 21.1 Å². The fourth-order valence-electron chi connectivity index (χ4n) is 2.80. The van der Waals surface area contributed by atoms with Crippen LogP contribution in [-0.2, 0) is 11.3 Å². The van der Waals surface area contributed by atoms with Crippen LogP contribution < -0.4 is 5.56 Å². The first-order valence-electron chi connectivity index (χ1n) is 9.11. The quantitative estimate of drug-likeness (QED) is 0.350. The Morgan fingerprint density at radius 2 is 1.88 bits per heavy atom. The molecule has 0 amide bonds. The van der Waals surface area contributed by atoms with Crippen LogP contribution in [0.25, 0.3) is 10.9 Å². The number of carbonyl (C=O) groups is 1. The molecule has 0 fully saturated rings. The van der Waals surface area contributed by atoms with E-state index in [0.29, 0.717) is 28.4 Å². The minimum atomic E-state index is -0.00108. The van der Waals surface area contributed by atoms with Crippen molar-refractivity contribution < 1.29 is 4.79 Å². The summed E-state index contributed by atoms with van der Waals surface area (Å²) in [5.41, 5.74) is 0.700. The van der Waals surface area contributed by atoms with Gasteiger partial charge in [-0.2, -0.15) is 0 Å². The smallest absolute Gasteiger partial charge is 0.262 e. The van der Waals surface area contributed by atoms with Gasteiger partial charge in [-0.25, -0.2) is 4.98 Å². The molecular formula is C20H28N2O2S. The van der Waals surface area contributed by atoms with Crippen LogP contribution >= 0.6 is 11.8 Å². The van der Waals surface area contributed by atoms with E-state index in [9.17, 15) is 9.59 Å². The van der Waals surface area contributed by atoms with E-state index >= 15 is 0 Å². The number of aromatic nitrogens is 2. The fraction of sp³-hybridized carbons (Fsp3) is 0.550. The molecule has 25 heavy (non-hydrogen) atoms. The summed E-state index contributed by atoms with van der Waals surface area (Å²) in [5, 5.41) is 1.30. The van der Waals surface area contributed by atoms with Crippen LogP contribution in [0.5, 0.6) is 0 Å². The molecule has 0 radical (unpaired) electrons. The Balaban J connectivity index is 2.12. The van der Waals surface area contributed by atoms with Gasteiger partial charge in [0.15, 0.2) is 5.16 Å². The Bertz CT molecular complexity index is 768. The normalized spacial score (nSPS) is 11.4. The first-order valence-corrected chi connectivity index (χ1v) is 10.1. The van der Waals surface area contributed by atoms with Gasteiger partial charge in [0.05, 0.1) is 16.7 Å². The highest BCUT2D eigenvalue weighted by Crippen LogP contribution is 2.19. The summed E-state index contributed by atoms with van der Waals surface area (Å²) in [7, 11) is 0. The van der Waals surface area contributed by atoms with E-state index in [1.165, 1.54) is 31.0 Å². The largest absolute Gasteiger partial charge is 0.299 e. The zero-order valence-electron chi connectivity index (χ0n) is 15.5. The van der Waals surface area contributed by atoms with Crippen molar-refractivity contribution in [1.29, 1.82) is 0 Å². The monoisotopic (exact) mass is 360 g/mol. The van der Waals surface area contributed by atoms with Crippen LogP contribution in [0.15, 0.2) is 34.2 Å². The van der Waals surface area contributed by atoms with Crippen LogP contribution in [0.2, 0.25) is 0 Å². The van der Waals surface area contributed by atoms with E-state index in [4.69, 9.17) is 0 Å². The molecule has 2 rings (SSSR count). The van der Waals surface area contributed by atoms with E-state index in [0.717, 1.165) is 18.8 Å². The summed E-state index contributed by atoms with van der Waals surface area (Å²) in [6.45, 7) is 6.72. The van der Waals surface area contributed by atoms with Crippen LogP contribution in [0.3, 0.4) is 0 Å². The third-order valence-corrected chi connectivity index (χ3v) is 5.27. The molecule has 5 heteroatoms. The third kappa shape index (κ3) is 5.99. The second-order valence-corrected chi connectivity index (χ2v) is 7.90. The number of hydrogen-bond acceptors (Lipinski definition) is 4. The Labute approximate surface area is 154 Å². The summed E-state index contributed by atoms with van der Waals surface area (Å²) in [6, 6.07) is 7.42. The lowest BCUT2D eigenvalue weighted by Crippen LogP contribution is -2.23. The summed E-state index contributed by atoms with van der Waals surface area (Å²) in [6.07, 6.45) is 5.78. The fourth-order valence-corrected chi connectivity index (χ4v) is 3.62. The van der Waals surface area contributed by atoms with Gasteiger partial charge in [0.25, 0.3) is 5.56 Å². The van der Waals surface area contributed by atoms with Crippen LogP contribution in [0, 0.1) is 5.92 Å². The van der Waals surface area contributed by atoms with Gasteiger partial charge in [-0.1, -0.05) is 63.4 Å². The lowest BCUT2D eigenvalue weighted by atomic mass is 10.0. The number of carbonyl (C=O) groups excluding carboxylic acids is 1. The standard InChI is InChI=1S/C20H28N2O2S/c1-15(2)10-6-4-5-9-13-22-19(24)17-11-7-8-12-18(17)21-20(22)25-14-16(3)23/h7-8,11-12,15H,4-6,9-10,13-14H2,1-3H3. The molecule has 0 aliphatic carbocycles. The maximum absolute atomic E-state index is 12.8. The average molecular weight is 361 g/mol. The second-order valence-electron chi connectivity index (χ2n) is 6.96. The molecule has 2 aromatic rings. The molecular weight excluding hydrogens is 332 g/mol. The minimum absolute atomic E-state index is 0.00108. The number of unbranched alkanes of at least 4 members (excludes halogenated alkanes) is 3. The number of Topliss-reactive ketones (excluding diaryl/α,β-unsaturated/α-hetero) is 1. The molecule has 1 aromatic carbocycles. The summed E-state index contributed by atoms with van der Waals surface area (Å²) >= 11 is 1.36. The number of hydrogen-bond donors (Lipinski definition) is 0. The predicted octanol–water partition coefficient (Wildman–Crippen LogP) is 4.68. The van der Waals surface area contributed by atoms with Gasteiger partial charge in [0.1, 0.15) is 5.78 Å². The van der Waals surface area contributed by atoms with Crippen molar-refractivity contribution in [3.8, 4) is 0 Å². The number of nitrogens with zero attached hydrogens (tertiary/aromatic N) is 2. The Morgan fingerprint density at radius 3 is 2.60 bits per heavy atom. The first-order chi connectivity index (χ1) is 12.0. The molecule has 4 nitrogen and oxygen atoms in total. The maximum atomic E-state index is 12.8. The zero-order valence-corrected chi connectivity index (χ0v) is 16.3. The lowest BCUT2D eigenvalue weighted by Gasteiger charge is -2.13. The molecule has 0 unspecified atom stereocenters. The highest BCUT2D eigenvalue weighted by molar-refractivity contribution is 7.99. The summed E-state index contributed by atoms with van der Waals surface area (Å²) in [5.74, 6) is 1.19. The molecule has 1 heterocycles. The van der Waals surface area contributed by atoms with E-state index in [1.54, 1.807) is 11.5 Å².